The minimum Gasteiger partial charge on any atom is -0.481 e. The van der Waals surface area contributed by atoms with E-state index in [0.29, 0.717) is 29.2 Å². The van der Waals surface area contributed by atoms with Gasteiger partial charge in [-0.05, 0) is 56.0 Å². The number of thiocarbonyl (C=S) groups is 1. The van der Waals surface area contributed by atoms with Gasteiger partial charge in [0.05, 0.1) is 12.2 Å². The highest BCUT2D eigenvalue weighted by Gasteiger charge is 2.47. The van der Waals surface area contributed by atoms with Crippen LogP contribution in [0.25, 0.3) is 0 Å². The van der Waals surface area contributed by atoms with E-state index in [1.807, 2.05) is 30.3 Å². The maximum absolute atomic E-state index is 10.6. The van der Waals surface area contributed by atoms with Crippen LogP contribution < -0.4 is 16.2 Å². The molecule has 0 saturated carbocycles. The fraction of sp³-hybridized carbons (Fsp3) is 0.619. The fourth-order valence-electron chi connectivity index (χ4n) is 4.50. The van der Waals surface area contributed by atoms with Gasteiger partial charge in [0.25, 0.3) is 0 Å². The molecule has 3 rings (SSSR count). The number of para-hydroxylation sites is 1. The van der Waals surface area contributed by atoms with Gasteiger partial charge in [-0.1, -0.05) is 37.5 Å². The number of rotatable bonds is 11. The molecule has 1 aromatic rings. The van der Waals surface area contributed by atoms with E-state index in [0.717, 1.165) is 50.8 Å². The van der Waals surface area contributed by atoms with Gasteiger partial charge in [0.2, 0.25) is 0 Å². The largest absolute Gasteiger partial charge is 0.481 e. The van der Waals surface area contributed by atoms with Gasteiger partial charge in [-0.25, -0.2) is 5.43 Å². The van der Waals surface area contributed by atoms with E-state index in [1.54, 1.807) is 0 Å². The van der Waals surface area contributed by atoms with Gasteiger partial charge in [0.15, 0.2) is 5.11 Å². The van der Waals surface area contributed by atoms with Crippen LogP contribution >= 0.6 is 12.2 Å². The maximum atomic E-state index is 10.6. The third-order valence-corrected chi connectivity index (χ3v) is 6.04. The number of carbonyl (C=O) groups is 1. The molecule has 0 spiro atoms. The van der Waals surface area contributed by atoms with E-state index in [9.17, 15) is 4.79 Å². The predicted molar refractivity (Wildman–Crippen MR) is 114 cm³/mol. The Morgan fingerprint density at radius 2 is 1.79 bits per heavy atom. The van der Waals surface area contributed by atoms with Crippen LogP contribution in [0.15, 0.2) is 30.3 Å². The average molecular weight is 406 g/mol. The molecule has 2 bridgehead atoms. The van der Waals surface area contributed by atoms with E-state index in [-0.39, 0.29) is 6.42 Å². The molecule has 0 amide bonds. The lowest BCUT2D eigenvalue weighted by Gasteiger charge is -2.28. The Morgan fingerprint density at radius 1 is 1.07 bits per heavy atom. The zero-order valence-electron chi connectivity index (χ0n) is 16.2. The fourth-order valence-corrected chi connectivity index (χ4v) is 4.69. The van der Waals surface area contributed by atoms with Crippen molar-refractivity contribution in [3.8, 4) is 0 Å². The summed E-state index contributed by atoms with van der Waals surface area (Å²) in [5.41, 5.74) is 7.34. The van der Waals surface area contributed by atoms with Crippen molar-refractivity contribution in [2.24, 2.45) is 11.8 Å². The van der Waals surface area contributed by atoms with Crippen molar-refractivity contribution >= 4 is 29.0 Å². The summed E-state index contributed by atoms with van der Waals surface area (Å²) in [5, 5.41) is 12.4. The second-order valence-corrected chi connectivity index (χ2v) is 8.20. The van der Waals surface area contributed by atoms with Gasteiger partial charge < -0.3 is 15.2 Å². The SMILES string of the molecule is O=C(O)CCCCCC[C@@H]1[C@@H](CNNC(=S)Nc2ccccc2)[C@H]2CC[C@@H]1O2. The molecule has 2 fully saturated rings. The Morgan fingerprint density at radius 3 is 2.54 bits per heavy atom. The Labute approximate surface area is 172 Å². The Kier molecular flexibility index (Phi) is 8.06. The Bertz CT molecular complexity index is 643. The molecule has 28 heavy (non-hydrogen) atoms. The number of hydrazine groups is 1. The predicted octanol–water partition coefficient (Wildman–Crippen LogP) is 3.70. The van der Waals surface area contributed by atoms with E-state index in [4.69, 9.17) is 22.1 Å². The molecule has 2 aliphatic rings. The quantitative estimate of drug-likeness (QED) is 0.254. The van der Waals surface area contributed by atoms with Crippen molar-refractivity contribution in [2.45, 2.75) is 63.6 Å². The minimum atomic E-state index is -0.695. The van der Waals surface area contributed by atoms with Crippen molar-refractivity contribution in [3.05, 3.63) is 30.3 Å². The molecule has 7 heteroatoms. The molecular weight excluding hydrogens is 374 g/mol. The molecule has 0 aromatic heterocycles. The van der Waals surface area contributed by atoms with Gasteiger partial charge in [0.1, 0.15) is 0 Å². The lowest BCUT2D eigenvalue weighted by Crippen LogP contribution is -2.45. The molecule has 4 atom stereocenters. The first-order valence-corrected chi connectivity index (χ1v) is 10.8. The minimum absolute atomic E-state index is 0.284. The summed E-state index contributed by atoms with van der Waals surface area (Å²) in [4.78, 5) is 10.6. The summed E-state index contributed by atoms with van der Waals surface area (Å²) in [7, 11) is 0. The highest BCUT2D eigenvalue weighted by atomic mass is 32.1. The summed E-state index contributed by atoms with van der Waals surface area (Å²) in [6.07, 6.45) is 8.54. The summed E-state index contributed by atoms with van der Waals surface area (Å²) in [5.74, 6) is 0.396. The molecule has 2 aliphatic heterocycles. The molecule has 4 N–H and O–H groups in total. The van der Waals surface area contributed by atoms with Crippen molar-refractivity contribution in [1.82, 2.24) is 10.9 Å². The Hall–Kier alpha value is -1.70. The number of anilines is 1. The molecule has 0 aliphatic carbocycles. The number of benzene rings is 1. The molecule has 154 valence electrons. The van der Waals surface area contributed by atoms with Gasteiger partial charge in [0, 0.05) is 24.6 Å². The van der Waals surface area contributed by atoms with Crippen LogP contribution in [0.5, 0.6) is 0 Å². The van der Waals surface area contributed by atoms with Crippen LogP contribution in [0.1, 0.15) is 51.4 Å². The number of carboxylic acid groups (broad SMARTS) is 1. The van der Waals surface area contributed by atoms with Crippen molar-refractivity contribution in [3.63, 3.8) is 0 Å². The lowest BCUT2D eigenvalue weighted by atomic mass is 9.76. The molecule has 2 heterocycles. The molecule has 2 saturated heterocycles. The Balaban J connectivity index is 1.36. The number of ether oxygens (including phenoxy) is 1. The number of unbranched alkanes of at least 4 members (excludes halogenated alkanes) is 3. The number of aliphatic carboxylic acids is 1. The second kappa shape index (κ2) is 10.7. The lowest BCUT2D eigenvalue weighted by molar-refractivity contribution is -0.137. The third-order valence-electron chi connectivity index (χ3n) is 5.84. The smallest absolute Gasteiger partial charge is 0.303 e. The summed E-state index contributed by atoms with van der Waals surface area (Å²) in [6.45, 7) is 0.835. The third kappa shape index (κ3) is 6.15. The molecule has 0 unspecified atom stereocenters. The number of nitrogens with one attached hydrogen (secondary N) is 3. The molecule has 6 nitrogen and oxygen atoms in total. The maximum Gasteiger partial charge on any atom is 0.303 e. The number of carboxylic acids is 1. The highest BCUT2D eigenvalue weighted by molar-refractivity contribution is 7.80. The van der Waals surface area contributed by atoms with Gasteiger partial charge in [-0.3, -0.25) is 10.2 Å². The topological polar surface area (TPSA) is 82.6 Å². The second-order valence-electron chi connectivity index (χ2n) is 7.79. The van der Waals surface area contributed by atoms with Crippen LogP contribution in [0.2, 0.25) is 0 Å². The molecule has 0 radical (unpaired) electrons. The van der Waals surface area contributed by atoms with Crippen LogP contribution in [0.3, 0.4) is 0 Å². The monoisotopic (exact) mass is 405 g/mol. The standard InChI is InChI=1S/C21H31N3O3S/c25-20(26)11-7-2-1-6-10-16-17(19-13-12-18(16)27-19)14-22-24-21(28)23-15-8-4-3-5-9-15/h3-5,8-9,16-19,22H,1-2,6-7,10-14H2,(H,25,26)(H2,23,24,28)/t16-,17-,18+,19-/m1/s1. The van der Waals surface area contributed by atoms with Gasteiger partial charge in [-0.15, -0.1) is 0 Å². The summed E-state index contributed by atoms with van der Waals surface area (Å²) in [6, 6.07) is 9.87. The van der Waals surface area contributed by atoms with Crippen LogP contribution in [-0.4, -0.2) is 34.9 Å². The van der Waals surface area contributed by atoms with Crippen molar-refractivity contribution in [1.29, 1.82) is 0 Å². The number of hydrogen-bond donors (Lipinski definition) is 4. The molecular formula is C21H31N3O3S. The van der Waals surface area contributed by atoms with Crippen LogP contribution in [0.4, 0.5) is 5.69 Å². The first-order valence-electron chi connectivity index (χ1n) is 10.4. The summed E-state index contributed by atoms with van der Waals surface area (Å²) >= 11 is 5.34. The van der Waals surface area contributed by atoms with Crippen LogP contribution in [0, 0.1) is 11.8 Å². The zero-order valence-corrected chi connectivity index (χ0v) is 17.0. The van der Waals surface area contributed by atoms with Gasteiger partial charge in [-0.2, -0.15) is 0 Å². The average Bonchev–Trinajstić information content (AvgIpc) is 3.27. The first-order chi connectivity index (χ1) is 13.6. The van der Waals surface area contributed by atoms with E-state index in [2.05, 4.69) is 16.2 Å². The van der Waals surface area contributed by atoms with E-state index < -0.39 is 5.97 Å². The molecule has 1 aromatic carbocycles. The number of hydrogen-bond acceptors (Lipinski definition) is 4. The number of fused-ring (bicyclic) bond motifs is 2. The van der Waals surface area contributed by atoms with Gasteiger partial charge >= 0.3 is 5.97 Å². The van der Waals surface area contributed by atoms with Crippen LogP contribution in [-0.2, 0) is 9.53 Å². The summed E-state index contributed by atoms with van der Waals surface area (Å²) < 4.78 is 6.17. The highest BCUT2D eigenvalue weighted by Crippen LogP contribution is 2.45. The van der Waals surface area contributed by atoms with E-state index in [1.165, 1.54) is 6.42 Å². The van der Waals surface area contributed by atoms with E-state index >= 15 is 0 Å². The van der Waals surface area contributed by atoms with Crippen molar-refractivity contribution in [2.75, 3.05) is 11.9 Å². The van der Waals surface area contributed by atoms with Crippen molar-refractivity contribution < 1.29 is 14.6 Å². The normalized spacial score (nSPS) is 25.6. The first kappa shape index (κ1) is 21.0. The zero-order chi connectivity index (χ0) is 19.8.